The van der Waals surface area contributed by atoms with Crippen molar-refractivity contribution in [2.75, 3.05) is 33.3 Å². The summed E-state index contributed by atoms with van der Waals surface area (Å²) in [4.78, 5) is 2.39. The first-order chi connectivity index (χ1) is 12.7. The topological polar surface area (TPSA) is 33.7 Å². The molecule has 0 saturated carbocycles. The third-order valence-corrected chi connectivity index (χ3v) is 4.62. The summed E-state index contributed by atoms with van der Waals surface area (Å²) in [7, 11) is 1.64. The number of nitrogens with zero attached hydrogens (tertiary/aromatic N) is 1. The van der Waals surface area contributed by atoms with Crippen molar-refractivity contribution in [2.45, 2.75) is 27.0 Å². The van der Waals surface area contributed by atoms with Gasteiger partial charge in [0.1, 0.15) is 6.61 Å². The van der Waals surface area contributed by atoms with E-state index in [2.05, 4.69) is 24.1 Å². The van der Waals surface area contributed by atoms with Crippen molar-refractivity contribution in [2.24, 2.45) is 0 Å². The summed E-state index contributed by atoms with van der Waals surface area (Å²) in [5.74, 6) is 1.25. The zero-order chi connectivity index (χ0) is 18.8. The summed E-state index contributed by atoms with van der Waals surface area (Å²) in [5, 5.41) is 4.03. The maximum atomic E-state index is 6.45. The van der Waals surface area contributed by atoms with Gasteiger partial charge in [-0.2, -0.15) is 0 Å². The van der Waals surface area contributed by atoms with Gasteiger partial charge in [0.25, 0.3) is 0 Å². The molecule has 7 heteroatoms. The minimum atomic E-state index is 0. The van der Waals surface area contributed by atoms with E-state index in [1.807, 2.05) is 42.5 Å². The standard InChI is InChI=1S/C21H29ClN2O2.2ClH/c1-4-24(5-2)12-11-23-15-18-13-19(22)21(20(14-18)25-3)26-16-17-9-7-6-8-10-17;;/h6-10,13-14,23H,4-5,11-12,15-16H2,1-3H3;2*1H. The molecular weight excluding hydrogens is 419 g/mol. The van der Waals surface area contributed by atoms with E-state index < -0.39 is 0 Å². The quantitative estimate of drug-likeness (QED) is 0.478. The second-order valence-electron chi connectivity index (χ2n) is 6.09. The molecule has 0 aromatic heterocycles. The van der Waals surface area contributed by atoms with Gasteiger partial charge in [-0.05, 0) is 36.3 Å². The van der Waals surface area contributed by atoms with E-state index in [0.717, 1.165) is 43.9 Å². The Morgan fingerprint density at radius 3 is 2.29 bits per heavy atom. The molecule has 0 aliphatic carbocycles. The molecule has 0 unspecified atom stereocenters. The molecule has 0 spiro atoms. The lowest BCUT2D eigenvalue weighted by atomic mass is 10.2. The van der Waals surface area contributed by atoms with Crippen LogP contribution in [0.2, 0.25) is 5.02 Å². The zero-order valence-corrected chi connectivity index (χ0v) is 19.1. The van der Waals surface area contributed by atoms with Crippen LogP contribution in [0.1, 0.15) is 25.0 Å². The molecule has 1 N–H and O–H groups in total. The molecule has 0 amide bonds. The van der Waals surface area contributed by atoms with Crippen LogP contribution in [0.5, 0.6) is 11.5 Å². The Morgan fingerprint density at radius 2 is 1.68 bits per heavy atom. The predicted molar refractivity (Wildman–Crippen MR) is 123 cm³/mol. The predicted octanol–water partition coefficient (Wildman–Crippen LogP) is 5.20. The number of nitrogens with one attached hydrogen (secondary N) is 1. The van der Waals surface area contributed by atoms with Gasteiger partial charge in [0.15, 0.2) is 11.5 Å². The number of halogens is 3. The van der Waals surface area contributed by atoms with Crippen molar-refractivity contribution < 1.29 is 9.47 Å². The zero-order valence-electron chi connectivity index (χ0n) is 16.7. The van der Waals surface area contributed by atoms with Gasteiger partial charge in [-0.15, -0.1) is 24.8 Å². The number of rotatable bonds is 11. The highest BCUT2D eigenvalue weighted by molar-refractivity contribution is 6.32. The first kappa shape index (κ1) is 26.8. The molecule has 0 fully saturated rings. The van der Waals surface area contributed by atoms with Crippen LogP contribution in [-0.2, 0) is 13.2 Å². The van der Waals surface area contributed by atoms with Crippen molar-refractivity contribution in [1.29, 1.82) is 0 Å². The van der Waals surface area contributed by atoms with Crippen LogP contribution in [0, 0.1) is 0 Å². The van der Waals surface area contributed by atoms with E-state index in [0.29, 0.717) is 23.1 Å². The molecule has 0 radical (unpaired) electrons. The van der Waals surface area contributed by atoms with Crippen LogP contribution in [0.15, 0.2) is 42.5 Å². The molecule has 2 aromatic carbocycles. The average molecular weight is 450 g/mol. The summed E-state index contributed by atoms with van der Waals surface area (Å²) in [6.45, 7) is 9.69. The molecule has 0 atom stereocenters. The number of benzene rings is 2. The number of hydrogen-bond donors (Lipinski definition) is 1. The normalized spacial score (nSPS) is 10.2. The minimum absolute atomic E-state index is 0. The van der Waals surface area contributed by atoms with Crippen molar-refractivity contribution in [3.8, 4) is 11.5 Å². The summed E-state index contributed by atoms with van der Waals surface area (Å²) in [6, 6.07) is 13.9. The number of methoxy groups -OCH3 is 1. The third-order valence-electron chi connectivity index (χ3n) is 4.34. The number of hydrogen-bond acceptors (Lipinski definition) is 4. The van der Waals surface area contributed by atoms with E-state index >= 15 is 0 Å². The molecule has 4 nitrogen and oxygen atoms in total. The van der Waals surface area contributed by atoms with Gasteiger partial charge in [0.05, 0.1) is 12.1 Å². The van der Waals surface area contributed by atoms with Crippen LogP contribution in [0.4, 0.5) is 0 Å². The van der Waals surface area contributed by atoms with E-state index in [9.17, 15) is 0 Å². The Bertz CT molecular complexity index is 668. The fourth-order valence-electron chi connectivity index (χ4n) is 2.75. The molecule has 0 aliphatic heterocycles. The monoisotopic (exact) mass is 448 g/mol. The van der Waals surface area contributed by atoms with Crippen molar-refractivity contribution >= 4 is 36.4 Å². The Kier molecular flexibility index (Phi) is 14.2. The van der Waals surface area contributed by atoms with E-state index in [4.69, 9.17) is 21.1 Å². The van der Waals surface area contributed by atoms with Gasteiger partial charge >= 0.3 is 0 Å². The third kappa shape index (κ3) is 8.46. The molecule has 0 saturated heterocycles. The van der Waals surface area contributed by atoms with Crippen LogP contribution in [0.25, 0.3) is 0 Å². The summed E-state index contributed by atoms with van der Waals surface area (Å²) in [5.41, 5.74) is 2.17. The highest BCUT2D eigenvalue weighted by Gasteiger charge is 2.12. The fourth-order valence-corrected chi connectivity index (χ4v) is 3.04. The van der Waals surface area contributed by atoms with Gasteiger partial charge in [-0.25, -0.2) is 0 Å². The van der Waals surface area contributed by atoms with E-state index in [1.165, 1.54) is 0 Å². The fraction of sp³-hybridized carbons (Fsp3) is 0.429. The molecule has 0 aliphatic rings. The van der Waals surface area contributed by atoms with Crippen molar-refractivity contribution in [3.63, 3.8) is 0 Å². The lowest BCUT2D eigenvalue weighted by Crippen LogP contribution is -2.31. The Labute approximate surface area is 186 Å². The van der Waals surface area contributed by atoms with Crippen LogP contribution in [-0.4, -0.2) is 38.2 Å². The number of likely N-dealkylation sites (N-methyl/N-ethyl adjacent to an activating group) is 1. The summed E-state index contributed by atoms with van der Waals surface area (Å²) < 4.78 is 11.4. The largest absolute Gasteiger partial charge is 0.493 e. The molecule has 158 valence electrons. The average Bonchev–Trinajstić information content (AvgIpc) is 2.67. The van der Waals surface area contributed by atoms with E-state index in [-0.39, 0.29) is 24.8 Å². The Hall–Kier alpha value is -1.17. The summed E-state index contributed by atoms with van der Waals surface area (Å²) >= 11 is 6.45. The van der Waals surface area contributed by atoms with Gasteiger partial charge < -0.3 is 19.7 Å². The molecule has 2 aromatic rings. The Balaban J connectivity index is 0.00000364. The second kappa shape index (κ2) is 14.8. The molecule has 0 bridgehead atoms. The van der Waals surface area contributed by atoms with Crippen LogP contribution >= 0.6 is 36.4 Å². The Morgan fingerprint density at radius 1 is 1.00 bits per heavy atom. The lowest BCUT2D eigenvalue weighted by molar-refractivity contribution is 0.284. The van der Waals surface area contributed by atoms with Crippen LogP contribution < -0.4 is 14.8 Å². The first-order valence-corrected chi connectivity index (χ1v) is 9.51. The molecule has 0 heterocycles. The maximum Gasteiger partial charge on any atom is 0.180 e. The second-order valence-corrected chi connectivity index (χ2v) is 6.49. The highest BCUT2D eigenvalue weighted by Crippen LogP contribution is 2.37. The van der Waals surface area contributed by atoms with Crippen molar-refractivity contribution in [1.82, 2.24) is 10.2 Å². The SMILES string of the molecule is CCN(CC)CCNCc1cc(Cl)c(OCc2ccccc2)c(OC)c1.Cl.Cl. The number of ether oxygens (including phenoxy) is 2. The lowest BCUT2D eigenvalue weighted by Gasteiger charge is -2.18. The van der Waals surface area contributed by atoms with Gasteiger partial charge in [0, 0.05) is 19.6 Å². The van der Waals surface area contributed by atoms with E-state index in [1.54, 1.807) is 7.11 Å². The van der Waals surface area contributed by atoms with Crippen LogP contribution in [0.3, 0.4) is 0 Å². The molecule has 2 rings (SSSR count). The highest BCUT2D eigenvalue weighted by atomic mass is 35.5. The maximum absolute atomic E-state index is 6.45. The smallest absolute Gasteiger partial charge is 0.180 e. The molecule has 28 heavy (non-hydrogen) atoms. The minimum Gasteiger partial charge on any atom is -0.493 e. The first-order valence-electron chi connectivity index (χ1n) is 9.14. The van der Waals surface area contributed by atoms with Gasteiger partial charge in [-0.1, -0.05) is 55.8 Å². The van der Waals surface area contributed by atoms with Gasteiger partial charge in [0.2, 0.25) is 0 Å². The molecular formula is C21H31Cl3N2O2. The summed E-state index contributed by atoms with van der Waals surface area (Å²) in [6.07, 6.45) is 0. The van der Waals surface area contributed by atoms with Crippen molar-refractivity contribution in [3.05, 3.63) is 58.6 Å². The van der Waals surface area contributed by atoms with Gasteiger partial charge in [-0.3, -0.25) is 0 Å².